The predicted molar refractivity (Wildman–Crippen MR) is 97.5 cm³/mol. The fraction of sp³-hybridized carbons (Fsp3) is 0.350. The highest BCUT2D eigenvalue weighted by Crippen LogP contribution is 2.32. The van der Waals surface area contributed by atoms with Crippen LogP contribution in [0.2, 0.25) is 0 Å². The second-order valence-electron chi connectivity index (χ2n) is 6.55. The molecule has 0 saturated carbocycles. The van der Waals surface area contributed by atoms with Crippen LogP contribution in [-0.2, 0) is 17.9 Å². The van der Waals surface area contributed by atoms with E-state index in [1.807, 2.05) is 30.3 Å². The van der Waals surface area contributed by atoms with Crippen LogP contribution in [0, 0.1) is 0 Å². The van der Waals surface area contributed by atoms with Crippen molar-refractivity contribution in [2.24, 2.45) is 0 Å². The molecule has 1 aliphatic rings. The lowest BCUT2D eigenvalue weighted by molar-refractivity contribution is -0.119. The first-order valence-corrected chi connectivity index (χ1v) is 8.80. The van der Waals surface area contributed by atoms with Crippen LogP contribution in [0.5, 0.6) is 0 Å². The number of amides is 1. The molecule has 1 aromatic carbocycles. The lowest BCUT2D eigenvalue weighted by atomic mass is 10.1. The van der Waals surface area contributed by atoms with Gasteiger partial charge in [0.1, 0.15) is 0 Å². The van der Waals surface area contributed by atoms with E-state index < -0.39 is 5.97 Å². The quantitative estimate of drug-likeness (QED) is 0.834. The van der Waals surface area contributed by atoms with E-state index in [1.165, 1.54) is 6.92 Å². The molecule has 0 radical (unpaired) electrons. The minimum atomic E-state index is -0.897. The third kappa shape index (κ3) is 4.26. The number of carbonyl (C=O) groups excluding carboxylic acids is 1. The molecule has 3 rings (SSSR count). The summed E-state index contributed by atoms with van der Waals surface area (Å²) in [5, 5.41) is 12.2. The fourth-order valence-electron chi connectivity index (χ4n) is 3.43. The molecule has 2 heterocycles. The predicted octanol–water partition coefficient (Wildman–Crippen LogP) is 2.75. The van der Waals surface area contributed by atoms with E-state index in [2.05, 4.69) is 10.2 Å². The Morgan fingerprint density at radius 1 is 1.23 bits per heavy atom. The van der Waals surface area contributed by atoms with Crippen molar-refractivity contribution in [3.05, 3.63) is 65.0 Å². The standard InChI is InChI=1S/C20H23N3O3/c1-14(24)21-12-16-7-4-9-18(22-16)19-10-5-11-23(19)13-15-6-2-3-8-17(15)20(25)26/h2-4,6-9,19H,5,10-13H2,1H3,(H,21,24)(H,25,26). The summed E-state index contributed by atoms with van der Waals surface area (Å²) in [6, 6.07) is 13.2. The van der Waals surface area contributed by atoms with Crippen LogP contribution in [0.1, 0.15) is 53.1 Å². The SMILES string of the molecule is CC(=O)NCc1cccc(C2CCCN2Cc2ccccc2C(=O)O)n1. The molecular formula is C20H23N3O3. The number of hydrogen-bond acceptors (Lipinski definition) is 4. The molecule has 1 atom stereocenters. The third-order valence-corrected chi connectivity index (χ3v) is 4.67. The number of carboxylic acids is 1. The Labute approximate surface area is 152 Å². The number of aromatic nitrogens is 1. The van der Waals surface area contributed by atoms with E-state index in [0.717, 1.165) is 36.3 Å². The first-order chi connectivity index (χ1) is 12.5. The number of pyridine rings is 1. The number of nitrogens with one attached hydrogen (secondary N) is 1. The second-order valence-corrected chi connectivity index (χ2v) is 6.55. The molecule has 0 spiro atoms. The van der Waals surface area contributed by atoms with Crippen molar-refractivity contribution in [1.82, 2.24) is 15.2 Å². The normalized spacial score (nSPS) is 17.2. The minimum absolute atomic E-state index is 0.0787. The van der Waals surface area contributed by atoms with Gasteiger partial charge >= 0.3 is 5.97 Å². The topological polar surface area (TPSA) is 82.5 Å². The number of hydrogen-bond donors (Lipinski definition) is 2. The number of nitrogens with zero attached hydrogens (tertiary/aromatic N) is 2. The Hall–Kier alpha value is -2.73. The monoisotopic (exact) mass is 353 g/mol. The van der Waals surface area contributed by atoms with Crippen molar-refractivity contribution >= 4 is 11.9 Å². The molecule has 0 bridgehead atoms. The lowest BCUT2D eigenvalue weighted by Crippen LogP contribution is -2.25. The highest BCUT2D eigenvalue weighted by atomic mass is 16.4. The zero-order valence-corrected chi connectivity index (χ0v) is 14.8. The second kappa shape index (κ2) is 8.10. The first kappa shape index (κ1) is 18.1. The maximum Gasteiger partial charge on any atom is 0.336 e. The molecule has 136 valence electrons. The molecule has 26 heavy (non-hydrogen) atoms. The number of aromatic carboxylic acids is 1. The van der Waals surface area contributed by atoms with Gasteiger partial charge in [-0.2, -0.15) is 0 Å². The maximum absolute atomic E-state index is 11.5. The van der Waals surface area contributed by atoms with Gasteiger partial charge in [0.15, 0.2) is 0 Å². The number of carbonyl (C=O) groups is 2. The van der Waals surface area contributed by atoms with E-state index in [1.54, 1.807) is 12.1 Å². The largest absolute Gasteiger partial charge is 0.478 e. The molecule has 1 aromatic heterocycles. The summed E-state index contributed by atoms with van der Waals surface area (Å²) in [5.41, 5.74) is 2.97. The molecule has 0 aliphatic carbocycles. The van der Waals surface area contributed by atoms with Gasteiger partial charge in [-0.3, -0.25) is 14.7 Å². The van der Waals surface area contributed by atoms with Gasteiger partial charge in [-0.1, -0.05) is 24.3 Å². The van der Waals surface area contributed by atoms with Gasteiger partial charge in [0.25, 0.3) is 0 Å². The minimum Gasteiger partial charge on any atom is -0.478 e. The van der Waals surface area contributed by atoms with Crippen molar-refractivity contribution in [3.8, 4) is 0 Å². The number of rotatable bonds is 6. The van der Waals surface area contributed by atoms with Gasteiger partial charge in [0.2, 0.25) is 5.91 Å². The van der Waals surface area contributed by atoms with E-state index in [0.29, 0.717) is 18.7 Å². The van der Waals surface area contributed by atoms with Crippen LogP contribution in [0.15, 0.2) is 42.5 Å². The maximum atomic E-state index is 11.5. The summed E-state index contributed by atoms with van der Waals surface area (Å²) in [7, 11) is 0. The van der Waals surface area contributed by atoms with Crippen molar-refractivity contribution in [2.75, 3.05) is 6.54 Å². The molecule has 1 amide bonds. The summed E-state index contributed by atoms with van der Waals surface area (Å²) in [4.78, 5) is 29.5. The van der Waals surface area contributed by atoms with Gasteiger partial charge in [-0.05, 0) is 43.1 Å². The van der Waals surface area contributed by atoms with Crippen LogP contribution < -0.4 is 5.32 Å². The number of carboxylic acid groups (broad SMARTS) is 1. The Morgan fingerprint density at radius 3 is 2.81 bits per heavy atom. The summed E-state index contributed by atoms with van der Waals surface area (Å²) >= 11 is 0. The van der Waals surface area contributed by atoms with E-state index in [-0.39, 0.29) is 11.9 Å². The van der Waals surface area contributed by atoms with Crippen LogP contribution >= 0.6 is 0 Å². The molecule has 1 fully saturated rings. The zero-order chi connectivity index (χ0) is 18.5. The molecular weight excluding hydrogens is 330 g/mol. The molecule has 6 heteroatoms. The summed E-state index contributed by atoms with van der Waals surface area (Å²) in [6.45, 7) is 3.40. The van der Waals surface area contributed by atoms with Gasteiger partial charge in [0.05, 0.1) is 29.5 Å². The molecule has 1 unspecified atom stereocenters. The number of likely N-dealkylation sites (tertiary alicyclic amines) is 1. The van der Waals surface area contributed by atoms with E-state index in [4.69, 9.17) is 4.98 Å². The smallest absolute Gasteiger partial charge is 0.336 e. The van der Waals surface area contributed by atoms with Crippen molar-refractivity contribution in [3.63, 3.8) is 0 Å². The third-order valence-electron chi connectivity index (χ3n) is 4.67. The zero-order valence-electron chi connectivity index (χ0n) is 14.8. The van der Waals surface area contributed by atoms with Crippen LogP contribution in [0.3, 0.4) is 0 Å². The Bertz CT molecular complexity index is 806. The number of benzene rings is 1. The van der Waals surface area contributed by atoms with Crippen molar-refractivity contribution in [2.45, 2.75) is 38.9 Å². The molecule has 2 N–H and O–H groups in total. The van der Waals surface area contributed by atoms with Crippen LogP contribution in [0.4, 0.5) is 0 Å². The molecule has 1 saturated heterocycles. The highest BCUT2D eigenvalue weighted by Gasteiger charge is 2.28. The van der Waals surface area contributed by atoms with Crippen molar-refractivity contribution in [1.29, 1.82) is 0 Å². The van der Waals surface area contributed by atoms with Crippen LogP contribution in [-0.4, -0.2) is 33.4 Å². The summed E-state index contributed by atoms with van der Waals surface area (Å²) in [5.74, 6) is -0.975. The Kier molecular flexibility index (Phi) is 5.63. The Balaban J connectivity index is 1.78. The molecule has 2 aromatic rings. The average molecular weight is 353 g/mol. The van der Waals surface area contributed by atoms with Crippen LogP contribution in [0.25, 0.3) is 0 Å². The molecule has 1 aliphatic heterocycles. The van der Waals surface area contributed by atoms with E-state index in [9.17, 15) is 14.7 Å². The van der Waals surface area contributed by atoms with Gasteiger partial charge in [-0.25, -0.2) is 4.79 Å². The first-order valence-electron chi connectivity index (χ1n) is 8.80. The van der Waals surface area contributed by atoms with Gasteiger partial charge < -0.3 is 10.4 Å². The van der Waals surface area contributed by atoms with Gasteiger partial charge in [-0.15, -0.1) is 0 Å². The highest BCUT2D eigenvalue weighted by molar-refractivity contribution is 5.89. The average Bonchev–Trinajstić information content (AvgIpc) is 3.08. The van der Waals surface area contributed by atoms with Gasteiger partial charge in [0, 0.05) is 13.5 Å². The Morgan fingerprint density at radius 2 is 2.04 bits per heavy atom. The van der Waals surface area contributed by atoms with E-state index >= 15 is 0 Å². The van der Waals surface area contributed by atoms with Crippen molar-refractivity contribution < 1.29 is 14.7 Å². The summed E-state index contributed by atoms with van der Waals surface area (Å²) < 4.78 is 0. The lowest BCUT2D eigenvalue weighted by Gasteiger charge is -2.25. The molecule has 6 nitrogen and oxygen atoms in total. The fourth-order valence-corrected chi connectivity index (χ4v) is 3.43. The summed E-state index contributed by atoms with van der Waals surface area (Å²) in [6.07, 6.45) is 2.04.